The molecule has 0 saturated carbocycles. The lowest BCUT2D eigenvalue weighted by Gasteiger charge is -2.23. The fourth-order valence-electron chi connectivity index (χ4n) is 2.11. The number of nitriles is 1. The maximum Gasteiger partial charge on any atom is 0.126 e. The highest BCUT2D eigenvalue weighted by atomic mass is 15.1. The number of rotatable bonds is 9. The summed E-state index contributed by atoms with van der Waals surface area (Å²) in [4.78, 5) is 6.94. The molecule has 4 nitrogen and oxygen atoms in total. The normalized spacial score (nSPS) is 10.8. The monoisotopic (exact) mass is 274 g/mol. The summed E-state index contributed by atoms with van der Waals surface area (Å²) in [7, 11) is 0. The second kappa shape index (κ2) is 9.33. The number of hydrogen-bond donors (Lipinski definition) is 1. The lowest BCUT2D eigenvalue weighted by atomic mass is 10.2. The lowest BCUT2D eigenvalue weighted by molar-refractivity contribution is 0.239. The highest BCUT2D eigenvalue weighted by molar-refractivity contribution is 5.35. The first-order valence-corrected chi connectivity index (χ1v) is 7.44. The van der Waals surface area contributed by atoms with Crippen LogP contribution in [0.4, 0.5) is 5.82 Å². The molecule has 0 aliphatic heterocycles. The zero-order chi connectivity index (χ0) is 14.8. The van der Waals surface area contributed by atoms with Gasteiger partial charge in [-0.15, -0.1) is 0 Å². The van der Waals surface area contributed by atoms with Gasteiger partial charge in [0, 0.05) is 32.6 Å². The Balaban J connectivity index is 2.64. The topological polar surface area (TPSA) is 52.0 Å². The molecule has 0 fully saturated rings. The quantitative estimate of drug-likeness (QED) is 0.751. The summed E-state index contributed by atoms with van der Waals surface area (Å²) >= 11 is 0. The van der Waals surface area contributed by atoms with E-state index in [9.17, 15) is 0 Å². The van der Waals surface area contributed by atoms with Crippen molar-refractivity contribution in [2.24, 2.45) is 5.92 Å². The summed E-state index contributed by atoms with van der Waals surface area (Å²) in [5.41, 5.74) is 1.06. The third-order valence-electron chi connectivity index (χ3n) is 2.91. The van der Waals surface area contributed by atoms with Crippen LogP contribution in [0.2, 0.25) is 0 Å². The van der Waals surface area contributed by atoms with Gasteiger partial charge in [-0.2, -0.15) is 5.26 Å². The van der Waals surface area contributed by atoms with Crippen molar-refractivity contribution in [3.63, 3.8) is 0 Å². The van der Waals surface area contributed by atoms with Gasteiger partial charge in [0.15, 0.2) is 0 Å². The van der Waals surface area contributed by atoms with Gasteiger partial charge < -0.3 is 5.32 Å². The van der Waals surface area contributed by atoms with E-state index >= 15 is 0 Å². The summed E-state index contributed by atoms with van der Waals surface area (Å²) in [6.45, 7) is 10.1. The zero-order valence-electron chi connectivity index (χ0n) is 12.9. The third kappa shape index (κ3) is 6.53. The van der Waals surface area contributed by atoms with E-state index in [0.717, 1.165) is 44.1 Å². The Morgan fingerprint density at radius 1 is 1.40 bits per heavy atom. The van der Waals surface area contributed by atoms with Crippen LogP contribution in [0.25, 0.3) is 0 Å². The van der Waals surface area contributed by atoms with Crippen molar-refractivity contribution >= 4 is 5.82 Å². The number of hydrogen-bond acceptors (Lipinski definition) is 4. The first-order chi connectivity index (χ1) is 9.65. The Kier molecular flexibility index (Phi) is 7.67. The molecule has 0 spiro atoms. The Bertz CT molecular complexity index is 423. The molecular weight excluding hydrogens is 248 g/mol. The molecule has 0 atom stereocenters. The van der Waals surface area contributed by atoms with Gasteiger partial charge in [0.25, 0.3) is 0 Å². The molecule has 0 aromatic carbocycles. The molecule has 0 amide bonds. The van der Waals surface area contributed by atoms with Crippen LogP contribution < -0.4 is 5.32 Å². The number of nitrogens with one attached hydrogen (secondary N) is 1. The summed E-state index contributed by atoms with van der Waals surface area (Å²) in [5.74, 6) is 1.53. The number of nitrogens with zero attached hydrogens (tertiary/aromatic N) is 3. The van der Waals surface area contributed by atoms with Gasteiger partial charge in [-0.05, 0) is 24.5 Å². The van der Waals surface area contributed by atoms with E-state index in [2.05, 4.69) is 48.1 Å². The van der Waals surface area contributed by atoms with E-state index in [1.54, 1.807) is 0 Å². The molecule has 1 aromatic rings. The van der Waals surface area contributed by atoms with Gasteiger partial charge in [-0.3, -0.25) is 4.90 Å². The van der Waals surface area contributed by atoms with Gasteiger partial charge in [0.2, 0.25) is 0 Å². The van der Waals surface area contributed by atoms with Gasteiger partial charge in [-0.25, -0.2) is 4.98 Å². The van der Waals surface area contributed by atoms with Crippen molar-refractivity contribution in [3.05, 3.63) is 23.9 Å². The molecule has 1 rings (SSSR count). The summed E-state index contributed by atoms with van der Waals surface area (Å²) in [6.07, 6.45) is 1.66. The van der Waals surface area contributed by atoms with Crippen LogP contribution in [0.15, 0.2) is 18.2 Å². The molecule has 0 saturated heterocycles. The van der Waals surface area contributed by atoms with Crippen molar-refractivity contribution in [2.45, 2.75) is 40.2 Å². The van der Waals surface area contributed by atoms with Crippen LogP contribution in [0.1, 0.15) is 39.3 Å². The Morgan fingerprint density at radius 2 is 2.20 bits per heavy atom. The number of anilines is 1. The van der Waals surface area contributed by atoms with Crippen LogP contribution in [0.5, 0.6) is 0 Å². The smallest absolute Gasteiger partial charge is 0.126 e. The lowest BCUT2D eigenvalue weighted by Crippen LogP contribution is -2.28. The highest BCUT2D eigenvalue weighted by Crippen LogP contribution is 2.10. The molecular formula is C16H26N4. The maximum atomic E-state index is 8.75. The van der Waals surface area contributed by atoms with Crippen LogP contribution in [-0.4, -0.2) is 29.5 Å². The van der Waals surface area contributed by atoms with Gasteiger partial charge in [0.05, 0.1) is 11.8 Å². The highest BCUT2D eigenvalue weighted by Gasteiger charge is 2.09. The van der Waals surface area contributed by atoms with Crippen molar-refractivity contribution < 1.29 is 0 Å². The van der Waals surface area contributed by atoms with Gasteiger partial charge >= 0.3 is 0 Å². The molecule has 4 heteroatoms. The van der Waals surface area contributed by atoms with Crippen LogP contribution in [0, 0.1) is 17.2 Å². The van der Waals surface area contributed by atoms with E-state index in [4.69, 9.17) is 5.26 Å². The Morgan fingerprint density at radius 3 is 2.85 bits per heavy atom. The van der Waals surface area contributed by atoms with E-state index in [0.29, 0.717) is 12.3 Å². The van der Waals surface area contributed by atoms with Crippen LogP contribution in [0.3, 0.4) is 0 Å². The van der Waals surface area contributed by atoms with E-state index in [-0.39, 0.29) is 0 Å². The average Bonchev–Trinajstić information content (AvgIpc) is 2.42. The van der Waals surface area contributed by atoms with Crippen LogP contribution >= 0.6 is 0 Å². The molecule has 0 aliphatic rings. The molecule has 0 unspecified atom stereocenters. The van der Waals surface area contributed by atoms with Crippen molar-refractivity contribution in [1.29, 1.82) is 5.26 Å². The van der Waals surface area contributed by atoms with Gasteiger partial charge in [-0.1, -0.05) is 26.8 Å². The predicted octanol–water partition coefficient (Wildman–Crippen LogP) is 3.28. The largest absolute Gasteiger partial charge is 0.370 e. The molecule has 110 valence electrons. The Labute approximate surface area is 122 Å². The SMILES string of the molecule is CCCNc1cccc(CN(CCC#N)CC(C)C)n1. The molecule has 20 heavy (non-hydrogen) atoms. The van der Waals surface area contributed by atoms with Crippen molar-refractivity contribution in [1.82, 2.24) is 9.88 Å². The van der Waals surface area contributed by atoms with Crippen LogP contribution in [-0.2, 0) is 6.54 Å². The third-order valence-corrected chi connectivity index (χ3v) is 2.91. The first-order valence-electron chi connectivity index (χ1n) is 7.44. The van der Waals surface area contributed by atoms with Gasteiger partial charge in [0.1, 0.15) is 5.82 Å². The molecule has 0 aliphatic carbocycles. The predicted molar refractivity (Wildman–Crippen MR) is 83.4 cm³/mol. The minimum Gasteiger partial charge on any atom is -0.370 e. The molecule has 1 aromatic heterocycles. The fourth-order valence-corrected chi connectivity index (χ4v) is 2.11. The summed E-state index contributed by atoms with van der Waals surface area (Å²) in [6, 6.07) is 8.32. The van der Waals surface area contributed by atoms with E-state index < -0.39 is 0 Å². The minimum absolute atomic E-state index is 0.570. The van der Waals surface area contributed by atoms with E-state index in [1.165, 1.54) is 0 Å². The number of aromatic nitrogens is 1. The second-order valence-electron chi connectivity index (χ2n) is 5.48. The Hall–Kier alpha value is -1.60. The maximum absolute atomic E-state index is 8.75. The minimum atomic E-state index is 0.570. The molecule has 1 N–H and O–H groups in total. The molecule has 0 radical (unpaired) electrons. The fraction of sp³-hybridized carbons (Fsp3) is 0.625. The first kappa shape index (κ1) is 16.5. The zero-order valence-corrected chi connectivity index (χ0v) is 12.9. The average molecular weight is 274 g/mol. The summed E-state index contributed by atoms with van der Waals surface area (Å²) in [5, 5.41) is 12.1. The molecule has 0 bridgehead atoms. The summed E-state index contributed by atoms with van der Waals surface area (Å²) < 4.78 is 0. The standard InChI is InChI=1S/C16H26N4/c1-4-10-18-16-8-5-7-15(19-16)13-20(11-6-9-17)12-14(2)3/h5,7-8,14H,4,6,10-13H2,1-3H3,(H,18,19). The van der Waals surface area contributed by atoms with E-state index in [1.807, 2.05) is 12.1 Å². The number of pyridine rings is 1. The second-order valence-corrected chi connectivity index (χ2v) is 5.48. The van der Waals surface area contributed by atoms with Crippen molar-refractivity contribution in [3.8, 4) is 6.07 Å². The van der Waals surface area contributed by atoms with Crippen molar-refractivity contribution in [2.75, 3.05) is 25.0 Å². The molecule has 1 heterocycles.